The van der Waals surface area contributed by atoms with Gasteiger partial charge in [0.1, 0.15) is 0 Å². The van der Waals surface area contributed by atoms with Gasteiger partial charge in [-0.05, 0) is 0 Å². The fraction of sp³-hybridized carbons (Fsp3) is 0.714. The van der Waals surface area contributed by atoms with E-state index in [2.05, 4.69) is 4.99 Å². The molecule has 4 atom stereocenters. The van der Waals surface area contributed by atoms with Gasteiger partial charge >= 0.3 is 17.9 Å². The molecule has 2 rings (SSSR count). The summed E-state index contributed by atoms with van der Waals surface area (Å²) < 4.78 is 26.7. The van der Waals surface area contributed by atoms with Crippen LogP contribution < -0.4 is 0 Å². The minimum atomic E-state index is -1.40. The van der Waals surface area contributed by atoms with E-state index in [1.54, 1.807) is 6.92 Å². The van der Waals surface area contributed by atoms with Gasteiger partial charge in [0.05, 0.1) is 6.61 Å². The lowest BCUT2D eigenvalue weighted by molar-refractivity contribution is -0.280. The predicted molar refractivity (Wildman–Crippen MR) is 74.4 cm³/mol. The number of ether oxygens (including phenoxy) is 5. The van der Waals surface area contributed by atoms with Gasteiger partial charge in [0.2, 0.25) is 0 Å². The molecule has 0 bridgehead atoms. The second-order valence-corrected chi connectivity index (χ2v) is 5.32. The highest BCUT2D eigenvalue weighted by Gasteiger charge is 2.59. The maximum absolute atomic E-state index is 11.4. The molecule has 2 heterocycles. The van der Waals surface area contributed by atoms with E-state index in [-0.39, 0.29) is 13.2 Å². The van der Waals surface area contributed by atoms with Crippen LogP contribution in [-0.2, 0) is 38.1 Å². The third-order valence-electron chi connectivity index (χ3n) is 3.36. The number of fused-ring (bicyclic) bond motifs is 1. The fourth-order valence-electron chi connectivity index (χ4n) is 2.60. The molecule has 0 amide bonds. The second-order valence-electron chi connectivity index (χ2n) is 5.32. The van der Waals surface area contributed by atoms with Gasteiger partial charge in [0, 0.05) is 27.7 Å². The van der Waals surface area contributed by atoms with Crippen LogP contribution in [0.15, 0.2) is 4.99 Å². The first-order valence-electron chi connectivity index (χ1n) is 7.08. The normalized spacial score (nSPS) is 32.2. The topological polar surface area (TPSA) is 110 Å². The summed E-state index contributed by atoms with van der Waals surface area (Å²) in [5.41, 5.74) is 0. The summed E-state index contributed by atoms with van der Waals surface area (Å²) in [7, 11) is 0. The summed E-state index contributed by atoms with van der Waals surface area (Å²) in [6.45, 7) is 5.02. The van der Waals surface area contributed by atoms with Crippen LogP contribution in [0, 0.1) is 0 Å². The number of nitrogens with zero attached hydrogens (tertiary/aromatic N) is 1. The van der Waals surface area contributed by atoms with E-state index in [9.17, 15) is 14.4 Å². The Morgan fingerprint density at radius 3 is 2.39 bits per heavy atom. The Morgan fingerprint density at radius 2 is 1.83 bits per heavy atom. The first kappa shape index (κ1) is 17.2. The summed E-state index contributed by atoms with van der Waals surface area (Å²) in [5, 5.41) is 0. The molecule has 0 aromatic rings. The van der Waals surface area contributed by atoms with Gasteiger partial charge in [-0.3, -0.25) is 14.4 Å². The summed E-state index contributed by atoms with van der Waals surface area (Å²) in [6.07, 6.45) is -1.73. The van der Waals surface area contributed by atoms with Crippen molar-refractivity contribution in [3.8, 4) is 0 Å². The molecule has 1 saturated heterocycles. The molecule has 1 fully saturated rings. The van der Waals surface area contributed by atoms with Crippen LogP contribution in [0.2, 0.25) is 0 Å². The summed E-state index contributed by atoms with van der Waals surface area (Å²) in [6, 6.07) is -0.816. The van der Waals surface area contributed by atoms with Gasteiger partial charge < -0.3 is 23.7 Å². The molecule has 0 N–H and O–H groups in total. The average molecular weight is 329 g/mol. The molecule has 128 valence electrons. The molecule has 0 spiro atoms. The number of aliphatic imine (C=N–C) groups is 1. The zero-order valence-electron chi connectivity index (χ0n) is 13.4. The smallest absolute Gasteiger partial charge is 0.303 e. The zero-order valence-corrected chi connectivity index (χ0v) is 13.4. The van der Waals surface area contributed by atoms with Crippen molar-refractivity contribution in [1.82, 2.24) is 0 Å². The Bertz CT molecular complexity index is 545. The molecule has 9 heteroatoms. The number of rotatable bonds is 4. The van der Waals surface area contributed by atoms with Crippen LogP contribution in [0.25, 0.3) is 0 Å². The Hall–Kier alpha value is -2.16. The number of carbonyl (C=O) groups excluding carboxylic acids is 3. The van der Waals surface area contributed by atoms with E-state index in [1.807, 2.05) is 0 Å². The third kappa shape index (κ3) is 3.79. The Labute approximate surface area is 132 Å². The standard InChI is InChI=1S/C14H19NO8/c1-7-15-13-12(22-10(4)18)11(21-9(3)17)5-20-14(13,23-7)6-19-8(2)16/h11-13H,5-6H2,1-4H3. The van der Waals surface area contributed by atoms with Gasteiger partial charge in [-0.15, -0.1) is 0 Å². The van der Waals surface area contributed by atoms with Crippen molar-refractivity contribution in [3.05, 3.63) is 0 Å². The van der Waals surface area contributed by atoms with Crippen molar-refractivity contribution in [2.24, 2.45) is 4.99 Å². The molecular weight excluding hydrogens is 310 g/mol. The van der Waals surface area contributed by atoms with Crippen molar-refractivity contribution in [2.75, 3.05) is 13.2 Å². The van der Waals surface area contributed by atoms with Gasteiger partial charge in [-0.2, -0.15) is 0 Å². The molecule has 2 aliphatic heterocycles. The van der Waals surface area contributed by atoms with Crippen LogP contribution >= 0.6 is 0 Å². The molecule has 9 nitrogen and oxygen atoms in total. The molecule has 0 aliphatic carbocycles. The Morgan fingerprint density at radius 1 is 1.17 bits per heavy atom. The minimum Gasteiger partial charge on any atom is -0.459 e. The van der Waals surface area contributed by atoms with E-state index in [4.69, 9.17) is 23.7 Å². The van der Waals surface area contributed by atoms with Crippen molar-refractivity contribution >= 4 is 23.8 Å². The predicted octanol–water partition coefficient (Wildman–Crippen LogP) is -0.0434. The van der Waals surface area contributed by atoms with E-state index < -0.39 is 41.9 Å². The molecular formula is C14H19NO8. The number of esters is 3. The van der Waals surface area contributed by atoms with Crippen LogP contribution in [0.5, 0.6) is 0 Å². The van der Waals surface area contributed by atoms with Crippen LogP contribution in [0.1, 0.15) is 27.7 Å². The molecule has 0 aromatic carbocycles. The van der Waals surface area contributed by atoms with E-state index >= 15 is 0 Å². The zero-order chi connectivity index (χ0) is 17.2. The second kappa shape index (κ2) is 6.53. The van der Waals surface area contributed by atoms with Gasteiger partial charge in [0.15, 0.2) is 30.8 Å². The summed E-state index contributed by atoms with van der Waals surface area (Å²) in [4.78, 5) is 38.0. The Balaban J connectivity index is 2.28. The molecule has 23 heavy (non-hydrogen) atoms. The monoisotopic (exact) mass is 329 g/mol. The summed E-state index contributed by atoms with van der Waals surface area (Å²) in [5.74, 6) is -2.71. The fourth-order valence-corrected chi connectivity index (χ4v) is 2.60. The van der Waals surface area contributed by atoms with Gasteiger partial charge in [-0.25, -0.2) is 4.99 Å². The quantitative estimate of drug-likeness (QED) is 0.522. The van der Waals surface area contributed by atoms with Gasteiger partial charge in [0.25, 0.3) is 5.79 Å². The molecule has 0 aromatic heterocycles. The molecule has 0 saturated carbocycles. The molecule has 4 unspecified atom stereocenters. The highest BCUT2D eigenvalue weighted by atomic mass is 16.7. The number of carbonyl (C=O) groups is 3. The first-order valence-corrected chi connectivity index (χ1v) is 7.08. The average Bonchev–Trinajstić information content (AvgIpc) is 2.76. The van der Waals surface area contributed by atoms with E-state index in [0.29, 0.717) is 5.90 Å². The third-order valence-corrected chi connectivity index (χ3v) is 3.36. The lowest BCUT2D eigenvalue weighted by Crippen LogP contribution is -2.63. The van der Waals surface area contributed by atoms with Gasteiger partial charge in [-0.1, -0.05) is 0 Å². The van der Waals surface area contributed by atoms with Crippen LogP contribution in [-0.4, -0.2) is 61.1 Å². The summed E-state index contributed by atoms with van der Waals surface area (Å²) >= 11 is 0. The molecule has 2 aliphatic rings. The maximum atomic E-state index is 11.4. The van der Waals surface area contributed by atoms with Crippen molar-refractivity contribution < 1.29 is 38.1 Å². The number of hydrogen-bond acceptors (Lipinski definition) is 9. The maximum Gasteiger partial charge on any atom is 0.303 e. The highest BCUT2D eigenvalue weighted by molar-refractivity contribution is 5.76. The lowest BCUT2D eigenvalue weighted by Gasteiger charge is -2.42. The lowest BCUT2D eigenvalue weighted by atomic mass is 9.95. The van der Waals surface area contributed by atoms with Crippen LogP contribution in [0.3, 0.4) is 0 Å². The van der Waals surface area contributed by atoms with E-state index in [0.717, 1.165) is 0 Å². The molecule has 0 radical (unpaired) electrons. The Kier molecular flexibility index (Phi) is 4.88. The van der Waals surface area contributed by atoms with Crippen molar-refractivity contribution in [2.45, 2.75) is 51.7 Å². The highest BCUT2D eigenvalue weighted by Crippen LogP contribution is 2.37. The minimum absolute atomic E-state index is 0.0852. The number of hydrogen-bond donors (Lipinski definition) is 0. The first-order chi connectivity index (χ1) is 10.7. The van der Waals surface area contributed by atoms with Crippen LogP contribution in [0.4, 0.5) is 0 Å². The van der Waals surface area contributed by atoms with E-state index in [1.165, 1.54) is 20.8 Å². The largest absolute Gasteiger partial charge is 0.459 e. The van der Waals surface area contributed by atoms with Crippen molar-refractivity contribution in [1.29, 1.82) is 0 Å². The van der Waals surface area contributed by atoms with Crippen molar-refractivity contribution in [3.63, 3.8) is 0 Å². The SMILES string of the molecule is CC(=O)OCC12OCC(OC(C)=O)C(OC(C)=O)C1N=C(C)O2.